The van der Waals surface area contributed by atoms with Gasteiger partial charge < -0.3 is 10.4 Å². The van der Waals surface area contributed by atoms with Gasteiger partial charge in [-0.25, -0.2) is 4.98 Å². The van der Waals surface area contributed by atoms with Gasteiger partial charge in [-0.3, -0.25) is 14.2 Å². The standard InChI is InChI=1S/C22H22ClN3O3/c1-15-19(11-12-27)22(29)26(21(25-15)17-5-3-2-4-6-17)14-20(28)24-13-16-7-9-18(23)10-8-16/h2-10,27H,11-14H2,1H3,(H,24,28). The SMILES string of the molecule is Cc1nc(-c2ccccc2)n(CC(=O)NCc2ccc(Cl)cc2)c(=O)c1CCO. The Morgan fingerprint density at radius 2 is 1.83 bits per heavy atom. The van der Waals surface area contributed by atoms with Gasteiger partial charge in [0.2, 0.25) is 5.91 Å². The van der Waals surface area contributed by atoms with Crippen molar-refractivity contribution in [1.29, 1.82) is 0 Å². The number of aliphatic hydroxyl groups is 1. The van der Waals surface area contributed by atoms with Crippen molar-refractivity contribution in [3.63, 3.8) is 0 Å². The van der Waals surface area contributed by atoms with Crippen molar-refractivity contribution in [2.24, 2.45) is 0 Å². The van der Waals surface area contributed by atoms with Crippen molar-refractivity contribution in [3.8, 4) is 11.4 Å². The van der Waals surface area contributed by atoms with E-state index in [0.717, 1.165) is 11.1 Å². The van der Waals surface area contributed by atoms with Crippen molar-refractivity contribution in [3.05, 3.63) is 86.8 Å². The lowest BCUT2D eigenvalue weighted by Gasteiger charge is -2.16. The lowest BCUT2D eigenvalue weighted by molar-refractivity contribution is -0.121. The van der Waals surface area contributed by atoms with E-state index in [4.69, 9.17) is 11.6 Å². The molecule has 0 unspecified atom stereocenters. The summed E-state index contributed by atoms with van der Waals surface area (Å²) in [4.78, 5) is 30.2. The number of aromatic nitrogens is 2. The number of nitrogens with zero attached hydrogens (tertiary/aromatic N) is 2. The average molecular weight is 412 g/mol. The summed E-state index contributed by atoms with van der Waals surface area (Å²) in [5.41, 5.74) is 2.31. The predicted molar refractivity (Wildman–Crippen MR) is 113 cm³/mol. The summed E-state index contributed by atoms with van der Waals surface area (Å²) in [6.07, 6.45) is 0.194. The first-order chi connectivity index (χ1) is 14.0. The molecule has 6 nitrogen and oxygen atoms in total. The molecule has 1 heterocycles. The molecule has 0 bridgehead atoms. The van der Waals surface area contributed by atoms with E-state index in [2.05, 4.69) is 10.3 Å². The van der Waals surface area contributed by atoms with Crippen LogP contribution in [0.1, 0.15) is 16.8 Å². The molecular weight excluding hydrogens is 390 g/mol. The molecular formula is C22H22ClN3O3. The normalized spacial score (nSPS) is 10.7. The number of halogens is 1. The molecule has 0 spiro atoms. The molecule has 0 radical (unpaired) electrons. The first-order valence-electron chi connectivity index (χ1n) is 9.27. The van der Waals surface area contributed by atoms with Crippen LogP contribution in [-0.4, -0.2) is 27.2 Å². The summed E-state index contributed by atoms with van der Waals surface area (Å²) >= 11 is 5.88. The van der Waals surface area contributed by atoms with Gasteiger partial charge in [0.05, 0.1) is 0 Å². The van der Waals surface area contributed by atoms with Crippen molar-refractivity contribution in [2.45, 2.75) is 26.4 Å². The smallest absolute Gasteiger partial charge is 0.257 e. The zero-order valence-corrected chi connectivity index (χ0v) is 16.8. The van der Waals surface area contributed by atoms with E-state index in [1.165, 1.54) is 4.57 Å². The number of aryl methyl sites for hydroxylation is 1. The molecule has 150 valence electrons. The van der Waals surface area contributed by atoms with E-state index < -0.39 is 0 Å². The highest BCUT2D eigenvalue weighted by atomic mass is 35.5. The van der Waals surface area contributed by atoms with Gasteiger partial charge in [-0.2, -0.15) is 0 Å². The maximum Gasteiger partial charge on any atom is 0.257 e. The number of hydrogen-bond acceptors (Lipinski definition) is 4. The predicted octanol–water partition coefficient (Wildman–Crippen LogP) is 2.72. The fourth-order valence-electron chi connectivity index (χ4n) is 3.06. The lowest BCUT2D eigenvalue weighted by atomic mass is 10.1. The molecule has 3 aromatic rings. The summed E-state index contributed by atoms with van der Waals surface area (Å²) < 4.78 is 1.37. The number of rotatable bonds is 7. The van der Waals surface area contributed by atoms with Crippen LogP contribution in [-0.2, 0) is 24.3 Å². The minimum Gasteiger partial charge on any atom is -0.396 e. The summed E-state index contributed by atoms with van der Waals surface area (Å²) in [7, 11) is 0. The van der Waals surface area contributed by atoms with Crippen LogP contribution >= 0.6 is 11.6 Å². The van der Waals surface area contributed by atoms with Crippen LogP contribution in [0.25, 0.3) is 11.4 Å². The zero-order valence-electron chi connectivity index (χ0n) is 16.1. The van der Waals surface area contributed by atoms with E-state index in [-0.39, 0.29) is 31.0 Å². The summed E-state index contributed by atoms with van der Waals surface area (Å²) in [6.45, 7) is 1.74. The van der Waals surface area contributed by atoms with Crippen molar-refractivity contribution in [2.75, 3.05) is 6.61 Å². The monoisotopic (exact) mass is 411 g/mol. The highest BCUT2D eigenvalue weighted by Gasteiger charge is 2.17. The maximum atomic E-state index is 13.0. The number of aliphatic hydroxyl groups excluding tert-OH is 1. The molecule has 2 N–H and O–H groups in total. The second-order valence-corrected chi connectivity index (χ2v) is 7.07. The molecule has 0 saturated carbocycles. The summed E-state index contributed by atoms with van der Waals surface area (Å²) in [5, 5.41) is 12.7. The quantitative estimate of drug-likeness (QED) is 0.626. The highest BCUT2D eigenvalue weighted by Crippen LogP contribution is 2.17. The van der Waals surface area contributed by atoms with Crippen LogP contribution in [0.15, 0.2) is 59.4 Å². The van der Waals surface area contributed by atoms with E-state index in [9.17, 15) is 14.7 Å². The van der Waals surface area contributed by atoms with Gasteiger partial charge >= 0.3 is 0 Å². The maximum absolute atomic E-state index is 13.0. The lowest BCUT2D eigenvalue weighted by Crippen LogP contribution is -2.35. The number of benzene rings is 2. The van der Waals surface area contributed by atoms with Crippen LogP contribution in [0.3, 0.4) is 0 Å². The fourth-order valence-corrected chi connectivity index (χ4v) is 3.18. The largest absolute Gasteiger partial charge is 0.396 e. The topological polar surface area (TPSA) is 84.2 Å². The van der Waals surface area contributed by atoms with Crippen LogP contribution in [0.5, 0.6) is 0 Å². The van der Waals surface area contributed by atoms with Gasteiger partial charge in [-0.05, 0) is 24.6 Å². The summed E-state index contributed by atoms with van der Waals surface area (Å²) in [5.74, 6) is 0.122. The zero-order chi connectivity index (χ0) is 20.8. The van der Waals surface area contributed by atoms with Gasteiger partial charge in [-0.15, -0.1) is 0 Å². The third-order valence-corrected chi connectivity index (χ3v) is 4.82. The molecule has 0 saturated heterocycles. The van der Waals surface area contributed by atoms with E-state index in [1.807, 2.05) is 42.5 Å². The van der Waals surface area contributed by atoms with Gasteiger partial charge in [0.15, 0.2) is 0 Å². The molecule has 0 atom stereocenters. The molecule has 7 heteroatoms. The van der Waals surface area contributed by atoms with Crippen molar-refractivity contribution in [1.82, 2.24) is 14.9 Å². The number of hydrogen-bond donors (Lipinski definition) is 2. The molecule has 3 rings (SSSR count). The van der Waals surface area contributed by atoms with E-state index >= 15 is 0 Å². The minimum absolute atomic E-state index is 0.162. The summed E-state index contributed by atoms with van der Waals surface area (Å²) in [6, 6.07) is 16.4. The van der Waals surface area contributed by atoms with Crippen molar-refractivity contribution >= 4 is 17.5 Å². The van der Waals surface area contributed by atoms with Gasteiger partial charge in [-0.1, -0.05) is 54.1 Å². The van der Waals surface area contributed by atoms with Crippen molar-refractivity contribution < 1.29 is 9.90 Å². The first kappa shape index (κ1) is 20.8. The Bertz CT molecular complexity index is 1050. The Hall–Kier alpha value is -2.96. The molecule has 2 aromatic carbocycles. The van der Waals surface area contributed by atoms with Crippen LogP contribution in [0.4, 0.5) is 0 Å². The van der Waals surface area contributed by atoms with Crippen LogP contribution in [0.2, 0.25) is 5.02 Å². The Labute approximate surface area is 173 Å². The molecule has 1 amide bonds. The minimum atomic E-state index is -0.313. The third kappa shape index (κ3) is 5.10. The molecule has 0 aliphatic carbocycles. The Morgan fingerprint density at radius 3 is 2.48 bits per heavy atom. The fraction of sp³-hybridized carbons (Fsp3) is 0.227. The molecule has 0 aliphatic heterocycles. The highest BCUT2D eigenvalue weighted by molar-refractivity contribution is 6.30. The number of nitrogens with one attached hydrogen (secondary N) is 1. The second-order valence-electron chi connectivity index (χ2n) is 6.63. The second kappa shape index (κ2) is 9.49. The number of carbonyl (C=O) groups is 1. The molecule has 29 heavy (non-hydrogen) atoms. The van der Waals surface area contributed by atoms with Gasteiger partial charge in [0.25, 0.3) is 5.56 Å². The van der Waals surface area contributed by atoms with E-state index in [0.29, 0.717) is 28.6 Å². The van der Waals surface area contributed by atoms with Crippen LogP contribution in [0, 0.1) is 6.92 Å². The van der Waals surface area contributed by atoms with Gasteiger partial charge in [0, 0.05) is 41.4 Å². The average Bonchev–Trinajstić information content (AvgIpc) is 2.73. The molecule has 0 aliphatic rings. The Balaban J connectivity index is 1.89. The number of carbonyl (C=O) groups excluding carboxylic acids is 1. The third-order valence-electron chi connectivity index (χ3n) is 4.57. The molecule has 0 fully saturated rings. The Kier molecular flexibility index (Phi) is 6.80. The van der Waals surface area contributed by atoms with Gasteiger partial charge in [0.1, 0.15) is 12.4 Å². The molecule has 1 aromatic heterocycles. The number of amides is 1. The van der Waals surface area contributed by atoms with Crippen LogP contribution < -0.4 is 10.9 Å². The first-order valence-corrected chi connectivity index (χ1v) is 9.65. The van der Waals surface area contributed by atoms with E-state index in [1.54, 1.807) is 19.1 Å². The Morgan fingerprint density at radius 1 is 1.14 bits per heavy atom.